The van der Waals surface area contributed by atoms with Gasteiger partial charge in [-0.05, 0) is 87.6 Å². The summed E-state index contributed by atoms with van der Waals surface area (Å²) in [6, 6.07) is 59.2. The highest BCUT2D eigenvalue weighted by Gasteiger charge is 2.18. The number of para-hydroxylation sites is 1. The Morgan fingerprint density at radius 2 is 1.12 bits per heavy atom. The minimum atomic E-state index is 0.667. The molecule has 3 heterocycles. The summed E-state index contributed by atoms with van der Waals surface area (Å²) in [4.78, 5) is 15.1. The van der Waals surface area contributed by atoms with E-state index in [-0.39, 0.29) is 0 Å². The first-order chi connectivity index (χ1) is 25.2. The Morgan fingerprint density at radius 1 is 0.392 bits per heavy atom. The van der Waals surface area contributed by atoms with Crippen molar-refractivity contribution in [1.82, 2.24) is 15.0 Å². The average Bonchev–Trinajstić information content (AvgIpc) is 3.59. The zero-order valence-corrected chi connectivity index (χ0v) is 27.5. The van der Waals surface area contributed by atoms with E-state index in [9.17, 15) is 0 Å². The van der Waals surface area contributed by atoms with Gasteiger partial charge in [0.1, 0.15) is 11.2 Å². The Morgan fingerprint density at radius 3 is 2.06 bits per heavy atom. The van der Waals surface area contributed by atoms with Crippen LogP contribution in [0.15, 0.2) is 180 Å². The monoisotopic (exact) mass is 651 g/mol. The van der Waals surface area contributed by atoms with Gasteiger partial charge in [-0.3, -0.25) is 4.98 Å². The molecule has 0 amide bonds. The SMILES string of the molecule is c1ccc(-c2nc(-c3cc(-c4ccc5ccccc5c4)cc(-c4cccc5ncccc45)c3)cc(-c3cccc4oc5ccccc5c34)n2)cc1. The van der Waals surface area contributed by atoms with Crippen LogP contribution in [-0.2, 0) is 0 Å². The highest BCUT2D eigenvalue weighted by atomic mass is 16.3. The van der Waals surface area contributed by atoms with Gasteiger partial charge in [-0.2, -0.15) is 0 Å². The molecule has 238 valence electrons. The standard InChI is InChI=1S/C47H29N3O/c1-2-12-31(13-3-1)47-49-42(29-43(50-47)39-17-9-21-45-46(39)40-15-6-7-20-44(40)51-45)36-27-34(33-23-22-30-11-4-5-14-32(30)25-33)26-35(28-36)37-16-8-19-41-38(37)18-10-24-48-41/h1-29H. The van der Waals surface area contributed by atoms with Gasteiger partial charge in [0.2, 0.25) is 0 Å². The predicted molar refractivity (Wildman–Crippen MR) is 209 cm³/mol. The van der Waals surface area contributed by atoms with Crippen LogP contribution in [0, 0.1) is 0 Å². The topological polar surface area (TPSA) is 51.8 Å². The largest absolute Gasteiger partial charge is 0.456 e. The smallest absolute Gasteiger partial charge is 0.160 e. The number of furan rings is 1. The summed E-state index contributed by atoms with van der Waals surface area (Å²) in [7, 11) is 0. The van der Waals surface area contributed by atoms with Crippen LogP contribution >= 0.6 is 0 Å². The molecule has 4 heteroatoms. The lowest BCUT2D eigenvalue weighted by Crippen LogP contribution is -1.97. The van der Waals surface area contributed by atoms with E-state index >= 15 is 0 Å². The molecule has 0 atom stereocenters. The molecule has 0 unspecified atom stereocenters. The van der Waals surface area contributed by atoms with E-state index in [1.54, 1.807) is 0 Å². The second-order valence-electron chi connectivity index (χ2n) is 12.8. The lowest BCUT2D eigenvalue weighted by atomic mass is 9.92. The molecule has 0 aliphatic heterocycles. The van der Waals surface area contributed by atoms with Crippen molar-refractivity contribution in [2.75, 3.05) is 0 Å². The number of hydrogen-bond donors (Lipinski definition) is 0. The van der Waals surface area contributed by atoms with E-state index in [0.29, 0.717) is 5.82 Å². The van der Waals surface area contributed by atoms with Crippen LogP contribution in [0.25, 0.3) is 99.8 Å². The van der Waals surface area contributed by atoms with Gasteiger partial charge in [-0.25, -0.2) is 9.97 Å². The minimum absolute atomic E-state index is 0.667. The van der Waals surface area contributed by atoms with Crippen molar-refractivity contribution < 1.29 is 4.42 Å². The molecule has 0 N–H and O–H groups in total. The number of pyridine rings is 1. The maximum atomic E-state index is 6.29. The van der Waals surface area contributed by atoms with E-state index in [1.807, 2.05) is 54.7 Å². The van der Waals surface area contributed by atoms with Gasteiger partial charge in [0, 0.05) is 39.0 Å². The summed E-state index contributed by atoms with van der Waals surface area (Å²) < 4.78 is 6.29. The fourth-order valence-corrected chi connectivity index (χ4v) is 7.26. The second-order valence-corrected chi connectivity index (χ2v) is 12.8. The summed E-state index contributed by atoms with van der Waals surface area (Å²) in [5.41, 5.74) is 11.8. The molecule has 0 fully saturated rings. The van der Waals surface area contributed by atoms with Gasteiger partial charge in [0.15, 0.2) is 5.82 Å². The van der Waals surface area contributed by atoms with Gasteiger partial charge in [0.05, 0.1) is 16.9 Å². The van der Waals surface area contributed by atoms with E-state index in [0.717, 1.165) is 83.2 Å². The van der Waals surface area contributed by atoms with Gasteiger partial charge in [-0.1, -0.05) is 115 Å². The summed E-state index contributed by atoms with van der Waals surface area (Å²) in [5, 5.41) is 5.63. The van der Waals surface area contributed by atoms with Crippen LogP contribution in [0.3, 0.4) is 0 Å². The summed E-state index contributed by atoms with van der Waals surface area (Å²) in [6.07, 6.45) is 1.85. The fraction of sp³-hybridized carbons (Fsp3) is 0. The molecule has 10 rings (SSSR count). The van der Waals surface area contributed by atoms with E-state index in [1.165, 1.54) is 10.8 Å². The van der Waals surface area contributed by atoms with Crippen LogP contribution < -0.4 is 0 Å². The molecular weight excluding hydrogens is 623 g/mol. The normalized spacial score (nSPS) is 11.5. The molecule has 0 aliphatic carbocycles. The first-order valence-electron chi connectivity index (χ1n) is 17.1. The number of rotatable bonds is 5. The van der Waals surface area contributed by atoms with Crippen LogP contribution in [0.2, 0.25) is 0 Å². The van der Waals surface area contributed by atoms with Crippen LogP contribution in [-0.4, -0.2) is 15.0 Å². The van der Waals surface area contributed by atoms with Crippen LogP contribution in [0.4, 0.5) is 0 Å². The number of nitrogens with zero attached hydrogens (tertiary/aromatic N) is 3. The molecule has 0 saturated heterocycles. The molecule has 51 heavy (non-hydrogen) atoms. The van der Waals surface area contributed by atoms with Crippen LogP contribution in [0.5, 0.6) is 0 Å². The minimum Gasteiger partial charge on any atom is -0.456 e. The zero-order valence-electron chi connectivity index (χ0n) is 27.5. The van der Waals surface area contributed by atoms with Gasteiger partial charge >= 0.3 is 0 Å². The lowest BCUT2D eigenvalue weighted by Gasteiger charge is -2.15. The fourth-order valence-electron chi connectivity index (χ4n) is 7.26. The predicted octanol–water partition coefficient (Wildman–Crippen LogP) is 12.4. The molecule has 0 spiro atoms. The molecular formula is C47H29N3O. The lowest BCUT2D eigenvalue weighted by molar-refractivity contribution is 0.669. The molecule has 3 aromatic heterocycles. The van der Waals surface area contributed by atoms with Crippen molar-refractivity contribution >= 4 is 43.6 Å². The van der Waals surface area contributed by atoms with Crippen molar-refractivity contribution in [2.24, 2.45) is 0 Å². The Hall–Kier alpha value is -6.91. The van der Waals surface area contributed by atoms with Crippen molar-refractivity contribution in [1.29, 1.82) is 0 Å². The highest BCUT2D eigenvalue weighted by Crippen LogP contribution is 2.40. The number of hydrogen-bond acceptors (Lipinski definition) is 4. The first-order valence-corrected chi connectivity index (χ1v) is 17.1. The third kappa shape index (κ3) is 5.13. The molecule has 10 aromatic rings. The molecule has 0 radical (unpaired) electrons. The quantitative estimate of drug-likeness (QED) is 0.186. The van der Waals surface area contributed by atoms with Crippen molar-refractivity contribution in [3.05, 3.63) is 176 Å². The molecule has 4 nitrogen and oxygen atoms in total. The maximum Gasteiger partial charge on any atom is 0.160 e. The van der Waals surface area contributed by atoms with E-state index in [4.69, 9.17) is 14.4 Å². The number of fused-ring (bicyclic) bond motifs is 5. The first kappa shape index (κ1) is 29.0. The van der Waals surface area contributed by atoms with Gasteiger partial charge in [-0.15, -0.1) is 0 Å². The molecule has 0 saturated carbocycles. The molecule has 7 aromatic carbocycles. The number of benzene rings is 7. The Bertz CT molecular complexity index is 2920. The van der Waals surface area contributed by atoms with Crippen molar-refractivity contribution in [3.63, 3.8) is 0 Å². The molecule has 0 bridgehead atoms. The molecule has 0 aliphatic rings. The van der Waals surface area contributed by atoms with Gasteiger partial charge in [0.25, 0.3) is 0 Å². The Labute approximate surface area is 294 Å². The Kier molecular flexibility index (Phi) is 6.78. The summed E-state index contributed by atoms with van der Waals surface area (Å²) in [5.74, 6) is 0.667. The Balaban J connectivity index is 1.25. The van der Waals surface area contributed by atoms with Gasteiger partial charge < -0.3 is 4.42 Å². The van der Waals surface area contributed by atoms with Crippen molar-refractivity contribution in [2.45, 2.75) is 0 Å². The van der Waals surface area contributed by atoms with E-state index < -0.39 is 0 Å². The van der Waals surface area contributed by atoms with Crippen molar-refractivity contribution in [3.8, 4) is 56.2 Å². The zero-order chi connectivity index (χ0) is 33.7. The second kappa shape index (κ2) is 11.9. The average molecular weight is 652 g/mol. The van der Waals surface area contributed by atoms with E-state index in [2.05, 4.69) is 126 Å². The third-order valence-electron chi connectivity index (χ3n) is 9.70. The maximum absolute atomic E-state index is 6.29. The summed E-state index contributed by atoms with van der Waals surface area (Å²) in [6.45, 7) is 0. The number of aromatic nitrogens is 3. The highest BCUT2D eigenvalue weighted by molar-refractivity contribution is 6.12. The summed E-state index contributed by atoms with van der Waals surface area (Å²) >= 11 is 0. The van der Waals surface area contributed by atoms with Crippen LogP contribution in [0.1, 0.15) is 0 Å². The third-order valence-corrected chi connectivity index (χ3v) is 9.70.